The number of nitrogens with zero attached hydrogens (tertiary/aromatic N) is 4. The van der Waals surface area contributed by atoms with Crippen molar-refractivity contribution in [2.24, 2.45) is 12.8 Å². The highest BCUT2D eigenvalue weighted by Crippen LogP contribution is 2.27. The molecule has 0 bridgehead atoms. The summed E-state index contributed by atoms with van der Waals surface area (Å²) in [4.78, 5) is 19.4. The summed E-state index contributed by atoms with van der Waals surface area (Å²) in [6.45, 7) is 1.32. The molecule has 1 unspecified atom stereocenters. The summed E-state index contributed by atoms with van der Waals surface area (Å²) in [5, 5.41) is 4.95. The number of aryl methyl sites for hydroxylation is 1. The van der Waals surface area contributed by atoms with E-state index in [-0.39, 0.29) is 36.8 Å². The van der Waals surface area contributed by atoms with Crippen molar-refractivity contribution in [2.45, 2.75) is 18.9 Å². The summed E-state index contributed by atoms with van der Waals surface area (Å²) >= 11 is 1.41. The average molecular weight is 364 g/mol. The Morgan fingerprint density at radius 2 is 2.23 bits per heavy atom. The van der Waals surface area contributed by atoms with Crippen LogP contribution in [0.2, 0.25) is 0 Å². The summed E-state index contributed by atoms with van der Waals surface area (Å²) in [5.41, 5.74) is 6.66. The molecule has 9 heteroatoms. The van der Waals surface area contributed by atoms with E-state index in [4.69, 9.17) is 5.73 Å². The Hall–Kier alpha value is -1.15. The molecule has 2 aromatic rings. The zero-order valence-corrected chi connectivity index (χ0v) is 14.6. The topological polar surface area (TPSA) is 77.0 Å². The van der Waals surface area contributed by atoms with E-state index in [0.717, 1.165) is 30.0 Å². The van der Waals surface area contributed by atoms with Crippen molar-refractivity contribution >= 4 is 42.1 Å². The molecule has 0 aliphatic carbocycles. The molecule has 1 atom stereocenters. The number of carbonyl (C=O) groups excluding carboxylic acids is 1. The number of halogens is 2. The van der Waals surface area contributed by atoms with Crippen LogP contribution in [-0.4, -0.2) is 44.7 Å². The maximum Gasteiger partial charge on any atom is 0.265 e. The standard InChI is InChI=1S/C13H17N5OS.2ClH/c1-17-8-9(6-16-17)12-15-7-11(20-12)13(19)18-4-2-3-10(18)5-14;;/h6-8,10H,2-5,14H2,1H3;2*1H. The number of nitrogens with two attached hydrogens (primary N) is 1. The fourth-order valence-electron chi connectivity index (χ4n) is 2.53. The predicted octanol–water partition coefficient (Wildman–Crippen LogP) is 1.95. The van der Waals surface area contributed by atoms with Crippen molar-refractivity contribution in [1.82, 2.24) is 19.7 Å². The Balaban J connectivity index is 0.00000121. The molecule has 0 spiro atoms. The van der Waals surface area contributed by atoms with Crippen LogP contribution in [0.15, 0.2) is 18.6 Å². The first-order chi connectivity index (χ1) is 9.69. The third kappa shape index (κ3) is 3.60. The molecule has 3 heterocycles. The molecular weight excluding hydrogens is 345 g/mol. The van der Waals surface area contributed by atoms with Gasteiger partial charge in [0.25, 0.3) is 5.91 Å². The molecule has 0 aromatic carbocycles. The molecule has 1 aliphatic heterocycles. The smallest absolute Gasteiger partial charge is 0.265 e. The molecule has 3 rings (SSSR count). The Morgan fingerprint density at radius 3 is 2.86 bits per heavy atom. The van der Waals surface area contributed by atoms with Crippen LogP contribution >= 0.6 is 36.2 Å². The molecule has 1 fully saturated rings. The first-order valence-corrected chi connectivity index (χ1v) is 7.46. The Kier molecular flexibility index (Phi) is 6.80. The van der Waals surface area contributed by atoms with Crippen LogP contribution < -0.4 is 5.73 Å². The highest BCUT2D eigenvalue weighted by Gasteiger charge is 2.29. The molecule has 122 valence electrons. The highest BCUT2D eigenvalue weighted by molar-refractivity contribution is 7.16. The molecule has 0 saturated carbocycles. The summed E-state index contributed by atoms with van der Waals surface area (Å²) in [6, 6.07) is 0.173. The molecule has 6 nitrogen and oxygen atoms in total. The number of likely N-dealkylation sites (tertiary alicyclic amines) is 1. The summed E-state index contributed by atoms with van der Waals surface area (Å²) in [7, 11) is 1.86. The molecule has 1 aliphatic rings. The molecule has 1 amide bonds. The Bertz CT molecular complexity index is 629. The van der Waals surface area contributed by atoms with Crippen LogP contribution in [0.25, 0.3) is 10.6 Å². The van der Waals surface area contributed by atoms with Gasteiger partial charge in [-0.25, -0.2) is 4.98 Å². The van der Waals surface area contributed by atoms with Gasteiger partial charge in [0, 0.05) is 37.9 Å². The van der Waals surface area contributed by atoms with Crippen LogP contribution in [0.3, 0.4) is 0 Å². The summed E-state index contributed by atoms with van der Waals surface area (Å²) < 4.78 is 1.73. The monoisotopic (exact) mass is 363 g/mol. The Labute approximate surface area is 145 Å². The minimum atomic E-state index is 0. The van der Waals surface area contributed by atoms with Gasteiger partial charge in [0.1, 0.15) is 9.88 Å². The van der Waals surface area contributed by atoms with Crippen molar-refractivity contribution in [1.29, 1.82) is 0 Å². The second-order valence-electron chi connectivity index (χ2n) is 4.96. The van der Waals surface area contributed by atoms with Gasteiger partial charge in [-0.3, -0.25) is 9.48 Å². The highest BCUT2D eigenvalue weighted by atomic mass is 35.5. The van der Waals surface area contributed by atoms with Crippen LogP contribution in [0.4, 0.5) is 0 Å². The molecular formula is C13H19Cl2N5OS. The average Bonchev–Trinajstić information content (AvgIpc) is 3.17. The first kappa shape index (κ1) is 18.9. The summed E-state index contributed by atoms with van der Waals surface area (Å²) in [6.07, 6.45) is 7.33. The van der Waals surface area contributed by atoms with Gasteiger partial charge in [-0.2, -0.15) is 5.10 Å². The van der Waals surface area contributed by atoms with E-state index in [1.54, 1.807) is 17.1 Å². The zero-order valence-electron chi connectivity index (χ0n) is 12.1. The number of hydrogen-bond acceptors (Lipinski definition) is 5. The van der Waals surface area contributed by atoms with Gasteiger partial charge in [-0.05, 0) is 12.8 Å². The van der Waals surface area contributed by atoms with Crippen molar-refractivity contribution in [3.63, 3.8) is 0 Å². The predicted molar refractivity (Wildman–Crippen MR) is 91.9 cm³/mol. The van der Waals surface area contributed by atoms with E-state index in [2.05, 4.69) is 10.1 Å². The van der Waals surface area contributed by atoms with Crippen LogP contribution in [0, 0.1) is 0 Å². The van der Waals surface area contributed by atoms with Crippen molar-refractivity contribution < 1.29 is 4.79 Å². The van der Waals surface area contributed by atoms with Crippen molar-refractivity contribution in [2.75, 3.05) is 13.1 Å². The zero-order chi connectivity index (χ0) is 14.1. The van der Waals surface area contributed by atoms with Crippen LogP contribution in [0.5, 0.6) is 0 Å². The molecule has 2 aromatic heterocycles. The number of thiazole rings is 1. The molecule has 2 N–H and O–H groups in total. The molecule has 1 saturated heterocycles. The van der Waals surface area contributed by atoms with Crippen molar-refractivity contribution in [3.8, 4) is 10.6 Å². The van der Waals surface area contributed by atoms with E-state index in [0.29, 0.717) is 11.4 Å². The largest absolute Gasteiger partial charge is 0.334 e. The molecule has 22 heavy (non-hydrogen) atoms. The third-order valence-corrected chi connectivity index (χ3v) is 4.61. The minimum absolute atomic E-state index is 0. The fourth-order valence-corrected chi connectivity index (χ4v) is 3.37. The lowest BCUT2D eigenvalue weighted by molar-refractivity contribution is 0.0746. The van der Waals surface area contributed by atoms with Gasteiger partial charge < -0.3 is 10.6 Å². The maximum atomic E-state index is 12.5. The van der Waals surface area contributed by atoms with E-state index in [1.807, 2.05) is 18.1 Å². The lowest BCUT2D eigenvalue weighted by Gasteiger charge is -2.22. The van der Waals surface area contributed by atoms with E-state index >= 15 is 0 Å². The first-order valence-electron chi connectivity index (χ1n) is 6.65. The van der Waals surface area contributed by atoms with E-state index in [9.17, 15) is 4.79 Å². The van der Waals surface area contributed by atoms with Gasteiger partial charge >= 0.3 is 0 Å². The van der Waals surface area contributed by atoms with Crippen LogP contribution in [-0.2, 0) is 7.05 Å². The lowest BCUT2D eigenvalue weighted by Crippen LogP contribution is -2.39. The quantitative estimate of drug-likeness (QED) is 0.903. The minimum Gasteiger partial charge on any atom is -0.334 e. The second kappa shape index (κ2) is 7.92. The van der Waals surface area contributed by atoms with Gasteiger partial charge in [0.15, 0.2) is 0 Å². The molecule has 0 radical (unpaired) electrons. The van der Waals surface area contributed by atoms with Gasteiger partial charge in [0.2, 0.25) is 0 Å². The fraction of sp³-hybridized carbons (Fsp3) is 0.462. The van der Waals surface area contributed by atoms with E-state index < -0.39 is 0 Å². The third-order valence-electron chi connectivity index (χ3n) is 3.58. The van der Waals surface area contributed by atoms with Gasteiger partial charge in [0.05, 0.1) is 12.4 Å². The second-order valence-corrected chi connectivity index (χ2v) is 5.99. The summed E-state index contributed by atoms with van der Waals surface area (Å²) in [5.74, 6) is 0.0468. The number of rotatable bonds is 3. The number of aromatic nitrogens is 3. The van der Waals surface area contributed by atoms with Crippen LogP contribution in [0.1, 0.15) is 22.5 Å². The van der Waals surface area contributed by atoms with Gasteiger partial charge in [-0.15, -0.1) is 36.2 Å². The van der Waals surface area contributed by atoms with Crippen molar-refractivity contribution in [3.05, 3.63) is 23.5 Å². The number of carbonyl (C=O) groups is 1. The van der Waals surface area contributed by atoms with E-state index in [1.165, 1.54) is 11.3 Å². The normalized spacial score (nSPS) is 17.0. The number of hydrogen-bond donors (Lipinski definition) is 1. The number of amides is 1. The lowest BCUT2D eigenvalue weighted by atomic mass is 10.2. The maximum absolute atomic E-state index is 12.5. The van der Waals surface area contributed by atoms with Gasteiger partial charge in [-0.1, -0.05) is 0 Å². The SMILES string of the molecule is Cl.Cl.Cn1cc(-c2ncc(C(=O)N3CCCC3CN)s2)cn1. The Morgan fingerprint density at radius 1 is 1.45 bits per heavy atom.